The zero-order chi connectivity index (χ0) is 10.3. The molecule has 2 heterocycles. The Bertz CT molecular complexity index is 484. The van der Waals surface area contributed by atoms with Crippen LogP contribution in [-0.2, 0) is 12.8 Å². The van der Waals surface area contributed by atoms with Gasteiger partial charge < -0.3 is 10.1 Å². The van der Waals surface area contributed by atoms with Crippen molar-refractivity contribution >= 4 is 5.52 Å². The zero-order valence-corrected chi connectivity index (χ0v) is 8.82. The van der Waals surface area contributed by atoms with E-state index in [4.69, 9.17) is 5.73 Å². The summed E-state index contributed by atoms with van der Waals surface area (Å²) in [5.74, 6) is 0.690. The van der Waals surface area contributed by atoms with Crippen LogP contribution in [0.4, 0.5) is 0 Å². The Morgan fingerprint density at radius 2 is 2.33 bits per heavy atom. The summed E-state index contributed by atoms with van der Waals surface area (Å²) in [5.41, 5.74) is 10.1. The van der Waals surface area contributed by atoms with Crippen LogP contribution in [0.5, 0.6) is 0 Å². The van der Waals surface area contributed by atoms with E-state index in [1.165, 1.54) is 29.6 Å². The maximum absolute atomic E-state index is 5.75. The Morgan fingerprint density at radius 3 is 3.20 bits per heavy atom. The van der Waals surface area contributed by atoms with E-state index in [2.05, 4.69) is 34.9 Å². The summed E-state index contributed by atoms with van der Waals surface area (Å²) in [5, 5.41) is 0. The van der Waals surface area contributed by atoms with Crippen LogP contribution >= 0.6 is 0 Å². The maximum Gasteiger partial charge on any atom is 0.0455 e. The lowest BCUT2D eigenvalue weighted by atomic mass is 9.88. The van der Waals surface area contributed by atoms with Crippen LogP contribution < -0.4 is 5.73 Å². The molecule has 1 aliphatic carbocycles. The first kappa shape index (κ1) is 8.98. The molecule has 2 N–H and O–H groups in total. The fraction of sp³-hybridized carbons (Fsp3) is 0.385. The Labute approximate surface area is 89.7 Å². The summed E-state index contributed by atoms with van der Waals surface area (Å²) in [7, 11) is 0. The van der Waals surface area contributed by atoms with Crippen molar-refractivity contribution in [1.29, 1.82) is 0 Å². The van der Waals surface area contributed by atoms with Crippen LogP contribution in [-0.4, -0.2) is 10.9 Å². The van der Waals surface area contributed by atoms with E-state index in [9.17, 15) is 0 Å². The highest BCUT2D eigenvalue weighted by Gasteiger charge is 2.20. The second-order valence-corrected chi connectivity index (χ2v) is 4.46. The van der Waals surface area contributed by atoms with Gasteiger partial charge in [-0.1, -0.05) is 6.07 Å². The van der Waals surface area contributed by atoms with Gasteiger partial charge in [0.15, 0.2) is 0 Å². The molecule has 0 fully saturated rings. The highest BCUT2D eigenvalue weighted by molar-refractivity contribution is 5.54. The van der Waals surface area contributed by atoms with Crippen LogP contribution in [0.3, 0.4) is 0 Å². The van der Waals surface area contributed by atoms with Crippen molar-refractivity contribution < 1.29 is 0 Å². The van der Waals surface area contributed by atoms with Crippen LogP contribution in [0.15, 0.2) is 30.5 Å². The minimum atomic E-state index is 0.690. The average molecular weight is 200 g/mol. The lowest BCUT2D eigenvalue weighted by Gasteiger charge is -2.20. The highest BCUT2D eigenvalue weighted by Crippen LogP contribution is 2.27. The van der Waals surface area contributed by atoms with Gasteiger partial charge >= 0.3 is 0 Å². The van der Waals surface area contributed by atoms with Gasteiger partial charge in [0.05, 0.1) is 0 Å². The van der Waals surface area contributed by atoms with Crippen LogP contribution in [0, 0.1) is 5.92 Å². The van der Waals surface area contributed by atoms with Gasteiger partial charge in [0, 0.05) is 17.4 Å². The number of nitrogens with zero attached hydrogens (tertiary/aromatic N) is 1. The second-order valence-electron chi connectivity index (χ2n) is 4.46. The Balaban J connectivity index is 2.12. The average Bonchev–Trinajstić information content (AvgIpc) is 2.66. The molecule has 2 aromatic heterocycles. The van der Waals surface area contributed by atoms with Crippen molar-refractivity contribution in [2.75, 3.05) is 6.54 Å². The number of aryl methyl sites for hydroxylation is 1. The zero-order valence-electron chi connectivity index (χ0n) is 8.82. The molecule has 0 amide bonds. The molecule has 1 atom stereocenters. The molecule has 0 spiro atoms. The monoisotopic (exact) mass is 200 g/mol. The Kier molecular flexibility index (Phi) is 2.03. The standard InChI is InChI=1S/C13H16N2/c14-9-10-4-5-13-11(7-10)8-12-3-1-2-6-15(12)13/h1-3,6,8,10H,4-5,7,9,14H2. The van der Waals surface area contributed by atoms with Crippen molar-refractivity contribution in [2.24, 2.45) is 11.7 Å². The van der Waals surface area contributed by atoms with E-state index >= 15 is 0 Å². The van der Waals surface area contributed by atoms with Crippen molar-refractivity contribution in [3.8, 4) is 0 Å². The largest absolute Gasteiger partial charge is 0.330 e. The first-order valence-electron chi connectivity index (χ1n) is 5.66. The van der Waals surface area contributed by atoms with Crippen molar-refractivity contribution in [3.63, 3.8) is 0 Å². The van der Waals surface area contributed by atoms with Crippen molar-refractivity contribution in [1.82, 2.24) is 4.40 Å². The van der Waals surface area contributed by atoms with E-state index < -0.39 is 0 Å². The van der Waals surface area contributed by atoms with Crippen LogP contribution in [0.1, 0.15) is 17.7 Å². The summed E-state index contributed by atoms with van der Waals surface area (Å²) in [6.45, 7) is 0.825. The molecule has 2 heteroatoms. The van der Waals surface area contributed by atoms with Gasteiger partial charge in [-0.15, -0.1) is 0 Å². The summed E-state index contributed by atoms with van der Waals surface area (Å²) in [4.78, 5) is 0. The summed E-state index contributed by atoms with van der Waals surface area (Å²) in [6, 6.07) is 8.69. The normalized spacial score (nSPS) is 20.5. The molecule has 0 saturated heterocycles. The first-order valence-corrected chi connectivity index (χ1v) is 5.66. The molecule has 0 aliphatic heterocycles. The minimum absolute atomic E-state index is 0.690. The van der Waals surface area contributed by atoms with Gasteiger partial charge in [-0.05, 0) is 55.5 Å². The SMILES string of the molecule is NCC1CCc2c(cc3ccccn23)C1. The van der Waals surface area contributed by atoms with Gasteiger partial charge in [0.25, 0.3) is 0 Å². The predicted octanol–water partition coefficient (Wildman–Crippen LogP) is 2.00. The highest BCUT2D eigenvalue weighted by atomic mass is 14.9. The van der Waals surface area contributed by atoms with Crippen LogP contribution in [0.25, 0.3) is 5.52 Å². The molecule has 15 heavy (non-hydrogen) atoms. The third-order valence-corrected chi connectivity index (χ3v) is 3.51. The number of pyridine rings is 1. The minimum Gasteiger partial charge on any atom is -0.330 e. The summed E-state index contributed by atoms with van der Waals surface area (Å²) >= 11 is 0. The summed E-state index contributed by atoms with van der Waals surface area (Å²) in [6.07, 6.45) is 5.74. The van der Waals surface area contributed by atoms with Gasteiger partial charge in [0.1, 0.15) is 0 Å². The molecular formula is C13H16N2. The molecule has 0 bridgehead atoms. The molecular weight excluding hydrogens is 184 g/mol. The summed E-state index contributed by atoms with van der Waals surface area (Å²) < 4.78 is 2.32. The topological polar surface area (TPSA) is 30.4 Å². The number of hydrogen-bond donors (Lipinski definition) is 1. The van der Waals surface area contributed by atoms with Crippen molar-refractivity contribution in [2.45, 2.75) is 19.3 Å². The smallest absolute Gasteiger partial charge is 0.0455 e. The van der Waals surface area contributed by atoms with Gasteiger partial charge in [-0.3, -0.25) is 0 Å². The maximum atomic E-state index is 5.75. The molecule has 0 radical (unpaired) electrons. The fourth-order valence-corrected chi connectivity index (χ4v) is 2.65. The van der Waals surface area contributed by atoms with E-state index in [0.717, 1.165) is 13.0 Å². The number of aromatic nitrogens is 1. The number of rotatable bonds is 1. The fourth-order valence-electron chi connectivity index (χ4n) is 2.65. The Hall–Kier alpha value is -1.28. The van der Waals surface area contributed by atoms with Gasteiger partial charge in [0.2, 0.25) is 0 Å². The first-order chi connectivity index (χ1) is 7.38. The quantitative estimate of drug-likeness (QED) is 0.750. The lowest BCUT2D eigenvalue weighted by molar-refractivity contribution is 0.464. The van der Waals surface area contributed by atoms with Crippen molar-refractivity contribution in [3.05, 3.63) is 41.7 Å². The van der Waals surface area contributed by atoms with E-state index in [-0.39, 0.29) is 0 Å². The van der Waals surface area contributed by atoms with E-state index in [1.54, 1.807) is 0 Å². The number of fused-ring (bicyclic) bond motifs is 3. The van der Waals surface area contributed by atoms with E-state index in [1.807, 2.05) is 0 Å². The molecule has 2 nitrogen and oxygen atoms in total. The molecule has 78 valence electrons. The second kappa shape index (κ2) is 3.38. The molecule has 1 unspecified atom stereocenters. The number of nitrogens with two attached hydrogens (primary N) is 1. The predicted molar refractivity (Wildman–Crippen MR) is 62.0 cm³/mol. The molecule has 3 rings (SSSR count). The van der Waals surface area contributed by atoms with Gasteiger partial charge in [-0.25, -0.2) is 0 Å². The lowest BCUT2D eigenvalue weighted by Crippen LogP contribution is -2.22. The van der Waals surface area contributed by atoms with Crippen LogP contribution in [0.2, 0.25) is 0 Å². The van der Waals surface area contributed by atoms with Gasteiger partial charge in [-0.2, -0.15) is 0 Å². The molecule has 2 aromatic rings. The Morgan fingerprint density at radius 1 is 1.40 bits per heavy atom. The molecule has 0 saturated carbocycles. The molecule has 1 aliphatic rings. The third kappa shape index (κ3) is 1.37. The van der Waals surface area contributed by atoms with E-state index in [0.29, 0.717) is 5.92 Å². The molecule has 0 aromatic carbocycles. The third-order valence-electron chi connectivity index (χ3n) is 3.51. The number of hydrogen-bond acceptors (Lipinski definition) is 1.